The summed E-state index contributed by atoms with van der Waals surface area (Å²) in [7, 11) is 0. The number of amidine groups is 1. The first-order valence-corrected chi connectivity index (χ1v) is 16.0. The predicted molar refractivity (Wildman–Crippen MR) is 192 cm³/mol. The Morgan fingerprint density at radius 2 is 1.28 bits per heavy atom. The molecule has 46 heavy (non-hydrogen) atoms. The SMILES string of the molecule is CC1(C)c2ccccc2-c2cc3c4ccccc4n(-c4ccc(C5=NC(c6ccccc6)C=C(c6ccccc6)N5)cc4)c3cc21. The first-order chi connectivity index (χ1) is 22.6. The number of aromatic nitrogens is 1. The summed E-state index contributed by atoms with van der Waals surface area (Å²) in [5.74, 6) is 0.876. The van der Waals surface area contributed by atoms with E-state index in [9.17, 15) is 0 Å². The maximum absolute atomic E-state index is 5.19. The van der Waals surface area contributed by atoms with E-state index >= 15 is 0 Å². The third kappa shape index (κ3) is 4.09. The normalized spacial score (nSPS) is 16.4. The van der Waals surface area contributed by atoms with E-state index in [1.54, 1.807) is 0 Å². The summed E-state index contributed by atoms with van der Waals surface area (Å²) < 4.78 is 2.42. The van der Waals surface area contributed by atoms with Crippen LogP contribution < -0.4 is 5.32 Å². The molecule has 3 nitrogen and oxygen atoms in total. The molecule has 7 aromatic rings. The molecule has 1 aromatic heterocycles. The van der Waals surface area contributed by atoms with Crippen LogP contribution in [0.3, 0.4) is 0 Å². The second-order valence-corrected chi connectivity index (χ2v) is 12.9. The molecular formula is C43H33N3. The van der Waals surface area contributed by atoms with Crippen LogP contribution in [0.5, 0.6) is 0 Å². The summed E-state index contributed by atoms with van der Waals surface area (Å²) in [6, 6.07) is 52.3. The van der Waals surface area contributed by atoms with Gasteiger partial charge in [-0.3, -0.25) is 4.99 Å². The zero-order valence-corrected chi connectivity index (χ0v) is 25.9. The van der Waals surface area contributed by atoms with Gasteiger partial charge in [0.05, 0.1) is 17.1 Å². The Bertz CT molecular complexity index is 2340. The molecular weight excluding hydrogens is 558 g/mol. The fraction of sp³-hybridized carbons (Fsp3) is 0.0930. The van der Waals surface area contributed by atoms with E-state index in [0.717, 1.165) is 28.3 Å². The van der Waals surface area contributed by atoms with Gasteiger partial charge in [0, 0.05) is 33.1 Å². The molecule has 9 rings (SSSR count). The van der Waals surface area contributed by atoms with Crippen molar-refractivity contribution in [2.45, 2.75) is 25.3 Å². The molecule has 0 bridgehead atoms. The van der Waals surface area contributed by atoms with Gasteiger partial charge in [0.2, 0.25) is 0 Å². The maximum atomic E-state index is 5.19. The maximum Gasteiger partial charge on any atom is 0.133 e. The van der Waals surface area contributed by atoms with E-state index in [2.05, 4.69) is 175 Å². The zero-order valence-electron chi connectivity index (χ0n) is 25.9. The van der Waals surface area contributed by atoms with Crippen LogP contribution in [0.1, 0.15) is 47.7 Å². The Labute approximate surface area is 269 Å². The van der Waals surface area contributed by atoms with E-state index in [1.807, 2.05) is 0 Å². The van der Waals surface area contributed by atoms with Crippen LogP contribution in [0.25, 0.3) is 44.3 Å². The molecule has 1 unspecified atom stereocenters. The third-order valence-corrected chi connectivity index (χ3v) is 9.85. The lowest BCUT2D eigenvalue weighted by atomic mass is 9.82. The zero-order chi connectivity index (χ0) is 30.8. The van der Waals surface area contributed by atoms with Crippen molar-refractivity contribution in [1.29, 1.82) is 0 Å². The van der Waals surface area contributed by atoms with Gasteiger partial charge in [-0.1, -0.05) is 117 Å². The number of fused-ring (bicyclic) bond motifs is 6. The molecule has 0 spiro atoms. The molecule has 1 aliphatic carbocycles. The van der Waals surface area contributed by atoms with Gasteiger partial charge in [-0.05, 0) is 81.9 Å². The predicted octanol–water partition coefficient (Wildman–Crippen LogP) is 10.2. The lowest BCUT2D eigenvalue weighted by molar-refractivity contribution is 0.661. The summed E-state index contributed by atoms with van der Waals surface area (Å²) >= 11 is 0. The number of para-hydroxylation sites is 1. The van der Waals surface area contributed by atoms with E-state index < -0.39 is 0 Å². The van der Waals surface area contributed by atoms with Gasteiger partial charge in [-0.25, -0.2) is 0 Å². The molecule has 0 saturated heterocycles. The van der Waals surface area contributed by atoms with E-state index in [0.29, 0.717) is 0 Å². The number of aliphatic imine (C=N–C) groups is 1. The first-order valence-electron chi connectivity index (χ1n) is 16.0. The summed E-state index contributed by atoms with van der Waals surface area (Å²) in [5.41, 5.74) is 13.5. The molecule has 0 fully saturated rings. The fourth-order valence-electron chi connectivity index (χ4n) is 7.50. The third-order valence-electron chi connectivity index (χ3n) is 9.85. The van der Waals surface area contributed by atoms with Crippen molar-refractivity contribution in [2.24, 2.45) is 4.99 Å². The van der Waals surface area contributed by atoms with Crippen molar-refractivity contribution >= 4 is 33.3 Å². The van der Waals surface area contributed by atoms with Gasteiger partial charge in [0.25, 0.3) is 0 Å². The molecule has 1 aliphatic heterocycles. The van der Waals surface area contributed by atoms with Crippen LogP contribution in [0, 0.1) is 0 Å². The number of nitrogens with one attached hydrogen (secondary N) is 1. The molecule has 1 N–H and O–H groups in total. The van der Waals surface area contributed by atoms with E-state index in [4.69, 9.17) is 4.99 Å². The topological polar surface area (TPSA) is 29.3 Å². The Balaban J connectivity index is 1.16. The van der Waals surface area contributed by atoms with Crippen LogP contribution >= 0.6 is 0 Å². The van der Waals surface area contributed by atoms with Crippen molar-refractivity contribution in [3.63, 3.8) is 0 Å². The first kappa shape index (κ1) is 26.7. The van der Waals surface area contributed by atoms with Crippen LogP contribution in [0.2, 0.25) is 0 Å². The number of benzene rings is 6. The van der Waals surface area contributed by atoms with Crippen molar-refractivity contribution in [3.05, 3.63) is 179 Å². The highest BCUT2D eigenvalue weighted by atomic mass is 15.0. The molecule has 1 atom stereocenters. The van der Waals surface area contributed by atoms with Gasteiger partial charge in [-0.15, -0.1) is 0 Å². The van der Waals surface area contributed by atoms with Crippen molar-refractivity contribution in [1.82, 2.24) is 9.88 Å². The highest BCUT2D eigenvalue weighted by molar-refractivity contribution is 6.12. The van der Waals surface area contributed by atoms with Gasteiger partial charge in [-0.2, -0.15) is 0 Å². The lowest BCUT2D eigenvalue weighted by Gasteiger charge is -2.23. The van der Waals surface area contributed by atoms with Crippen LogP contribution in [0.4, 0.5) is 0 Å². The van der Waals surface area contributed by atoms with Crippen LogP contribution in [-0.4, -0.2) is 10.4 Å². The van der Waals surface area contributed by atoms with Crippen molar-refractivity contribution in [2.75, 3.05) is 0 Å². The standard InChI is InChI=1S/C43H33N3/c1-43(2)36-19-11-9-17-32(36)34-25-35-33-18-10-12-20-40(33)46(41(35)26-37(34)43)31-23-21-30(22-24-31)42-44-38(28-13-5-3-6-14-28)27-39(45-42)29-15-7-4-8-16-29/h3-27,38H,1-2H3,(H,44,45). The monoisotopic (exact) mass is 591 g/mol. The highest BCUT2D eigenvalue weighted by Gasteiger charge is 2.36. The summed E-state index contributed by atoms with van der Waals surface area (Å²) in [6.07, 6.45) is 2.22. The number of hydrogen-bond donors (Lipinski definition) is 1. The Hall–Kier alpha value is -5.67. The smallest absolute Gasteiger partial charge is 0.133 e. The summed E-state index contributed by atoms with van der Waals surface area (Å²) in [6.45, 7) is 4.70. The highest BCUT2D eigenvalue weighted by Crippen LogP contribution is 2.50. The lowest BCUT2D eigenvalue weighted by Crippen LogP contribution is -2.27. The Morgan fingerprint density at radius 1 is 0.587 bits per heavy atom. The van der Waals surface area contributed by atoms with Gasteiger partial charge >= 0.3 is 0 Å². The number of hydrogen-bond acceptors (Lipinski definition) is 2. The minimum atomic E-state index is -0.0701. The van der Waals surface area contributed by atoms with Gasteiger partial charge in [0.15, 0.2) is 0 Å². The molecule has 2 heterocycles. The van der Waals surface area contributed by atoms with Crippen LogP contribution in [-0.2, 0) is 5.41 Å². The second kappa shape index (κ2) is 10.2. The molecule has 6 aromatic carbocycles. The minimum absolute atomic E-state index is 0.0602. The average Bonchev–Trinajstić information content (AvgIpc) is 3.56. The van der Waals surface area contributed by atoms with E-state index in [1.165, 1.54) is 49.6 Å². The minimum Gasteiger partial charge on any atom is -0.340 e. The average molecular weight is 592 g/mol. The quantitative estimate of drug-likeness (QED) is 0.217. The van der Waals surface area contributed by atoms with Crippen molar-refractivity contribution in [3.8, 4) is 16.8 Å². The number of rotatable bonds is 4. The molecule has 0 radical (unpaired) electrons. The largest absolute Gasteiger partial charge is 0.340 e. The van der Waals surface area contributed by atoms with Gasteiger partial charge in [0.1, 0.15) is 5.84 Å². The Morgan fingerprint density at radius 3 is 2.09 bits per heavy atom. The van der Waals surface area contributed by atoms with Crippen molar-refractivity contribution < 1.29 is 0 Å². The van der Waals surface area contributed by atoms with Crippen LogP contribution in [0.15, 0.2) is 157 Å². The number of nitrogens with zero attached hydrogens (tertiary/aromatic N) is 2. The summed E-state index contributed by atoms with van der Waals surface area (Å²) in [4.78, 5) is 5.19. The Kier molecular flexibility index (Phi) is 5.91. The molecule has 0 amide bonds. The van der Waals surface area contributed by atoms with Gasteiger partial charge < -0.3 is 9.88 Å². The summed E-state index contributed by atoms with van der Waals surface area (Å²) in [5, 5.41) is 6.21. The molecule has 2 aliphatic rings. The fourth-order valence-corrected chi connectivity index (χ4v) is 7.50. The molecule has 0 saturated carbocycles. The molecule has 220 valence electrons. The van der Waals surface area contributed by atoms with E-state index in [-0.39, 0.29) is 11.5 Å². The second-order valence-electron chi connectivity index (χ2n) is 12.9. The molecule has 3 heteroatoms.